The van der Waals surface area contributed by atoms with E-state index in [4.69, 9.17) is 5.73 Å². The molecule has 0 unspecified atom stereocenters. The van der Waals surface area contributed by atoms with Crippen molar-refractivity contribution in [1.29, 1.82) is 0 Å². The maximum absolute atomic E-state index is 5.78. The Balaban J connectivity index is 1.74. The summed E-state index contributed by atoms with van der Waals surface area (Å²) in [6.07, 6.45) is 3.38. The lowest BCUT2D eigenvalue weighted by Gasteiger charge is -1.94. The Bertz CT molecular complexity index is 441. The molecule has 0 saturated heterocycles. The van der Waals surface area contributed by atoms with Gasteiger partial charge >= 0.3 is 0 Å². The van der Waals surface area contributed by atoms with E-state index in [9.17, 15) is 0 Å². The first-order valence-corrected chi connectivity index (χ1v) is 5.52. The molecular weight excluding hydrogens is 186 g/mol. The third-order valence-electron chi connectivity index (χ3n) is 3.17. The van der Waals surface area contributed by atoms with Crippen molar-refractivity contribution in [3.05, 3.63) is 30.1 Å². The van der Waals surface area contributed by atoms with Crippen LogP contribution in [0.15, 0.2) is 24.3 Å². The summed E-state index contributed by atoms with van der Waals surface area (Å²) in [4.78, 5) is 7.88. The summed E-state index contributed by atoms with van der Waals surface area (Å²) >= 11 is 0. The van der Waals surface area contributed by atoms with Gasteiger partial charge in [0.2, 0.25) is 0 Å². The van der Waals surface area contributed by atoms with Crippen LogP contribution in [0.1, 0.15) is 18.7 Å². The van der Waals surface area contributed by atoms with Crippen LogP contribution >= 0.6 is 0 Å². The maximum Gasteiger partial charge on any atom is 0.107 e. The van der Waals surface area contributed by atoms with Crippen molar-refractivity contribution < 1.29 is 0 Å². The van der Waals surface area contributed by atoms with Gasteiger partial charge < -0.3 is 10.7 Å². The van der Waals surface area contributed by atoms with E-state index < -0.39 is 0 Å². The van der Waals surface area contributed by atoms with E-state index in [1.165, 1.54) is 12.8 Å². The van der Waals surface area contributed by atoms with E-state index in [1.54, 1.807) is 0 Å². The molecule has 3 rings (SSSR count). The van der Waals surface area contributed by atoms with Gasteiger partial charge in [-0.1, -0.05) is 12.1 Å². The minimum atomic E-state index is 0.453. The largest absolute Gasteiger partial charge is 0.342 e. The van der Waals surface area contributed by atoms with Crippen LogP contribution in [0, 0.1) is 5.92 Å². The smallest absolute Gasteiger partial charge is 0.107 e. The number of nitrogens with two attached hydrogens (primary N) is 1. The van der Waals surface area contributed by atoms with Gasteiger partial charge in [0.05, 0.1) is 11.0 Å². The van der Waals surface area contributed by atoms with Gasteiger partial charge in [0.15, 0.2) is 0 Å². The number of aryl methyl sites for hydroxylation is 1. The molecule has 0 radical (unpaired) electrons. The maximum atomic E-state index is 5.78. The number of para-hydroxylation sites is 2. The number of rotatable bonds is 3. The Labute approximate surface area is 88.7 Å². The Kier molecular flexibility index (Phi) is 1.99. The van der Waals surface area contributed by atoms with Gasteiger partial charge in [0.1, 0.15) is 5.82 Å². The van der Waals surface area contributed by atoms with E-state index in [0.717, 1.165) is 29.2 Å². The van der Waals surface area contributed by atoms with E-state index in [0.29, 0.717) is 6.04 Å². The monoisotopic (exact) mass is 201 g/mol. The molecule has 2 atom stereocenters. The molecule has 15 heavy (non-hydrogen) atoms. The first kappa shape index (κ1) is 8.92. The quantitative estimate of drug-likeness (QED) is 0.796. The number of imidazole rings is 1. The summed E-state index contributed by atoms with van der Waals surface area (Å²) < 4.78 is 0. The van der Waals surface area contributed by atoms with Gasteiger partial charge in [-0.05, 0) is 30.9 Å². The molecule has 0 spiro atoms. The topological polar surface area (TPSA) is 54.7 Å². The molecule has 1 aromatic heterocycles. The summed E-state index contributed by atoms with van der Waals surface area (Å²) in [7, 11) is 0. The average molecular weight is 201 g/mol. The third kappa shape index (κ3) is 1.75. The zero-order chi connectivity index (χ0) is 10.3. The van der Waals surface area contributed by atoms with Crippen LogP contribution in [0.3, 0.4) is 0 Å². The second-order valence-electron chi connectivity index (χ2n) is 4.40. The fraction of sp³-hybridized carbons (Fsp3) is 0.417. The second kappa shape index (κ2) is 3.35. The molecule has 0 bridgehead atoms. The third-order valence-corrected chi connectivity index (χ3v) is 3.17. The number of fused-ring (bicyclic) bond motifs is 1. The molecular formula is C12H15N3. The van der Waals surface area contributed by atoms with Crippen LogP contribution in [0.5, 0.6) is 0 Å². The first-order valence-electron chi connectivity index (χ1n) is 5.52. The lowest BCUT2D eigenvalue weighted by Crippen LogP contribution is -2.02. The Morgan fingerprint density at radius 1 is 1.40 bits per heavy atom. The fourth-order valence-electron chi connectivity index (χ4n) is 2.05. The Morgan fingerprint density at radius 3 is 2.93 bits per heavy atom. The van der Waals surface area contributed by atoms with Gasteiger partial charge in [0.25, 0.3) is 0 Å². The minimum Gasteiger partial charge on any atom is -0.342 e. The molecule has 1 aliphatic carbocycles. The Morgan fingerprint density at radius 2 is 2.20 bits per heavy atom. The van der Waals surface area contributed by atoms with E-state index >= 15 is 0 Å². The van der Waals surface area contributed by atoms with Crippen LogP contribution in [0.2, 0.25) is 0 Å². The van der Waals surface area contributed by atoms with Gasteiger partial charge in [0, 0.05) is 12.5 Å². The molecule has 1 fully saturated rings. The molecule has 78 valence electrons. The van der Waals surface area contributed by atoms with Crippen LogP contribution < -0.4 is 5.73 Å². The molecule has 3 heteroatoms. The molecule has 1 aliphatic rings. The summed E-state index contributed by atoms with van der Waals surface area (Å²) in [6, 6.07) is 8.60. The predicted molar refractivity (Wildman–Crippen MR) is 60.5 cm³/mol. The number of hydrogen-bond donors (Lipinski definition) is 2. The highest BCUT2D eigenvalue weighted by atomic mass is 14.9. The highest BCUT2D eigenvalue weighted by Crippen LogP contribution is 2.32. The number of benzene rings is 1. The first-order chi connectivity index (χ1) is 7.33. The lowest BCUT2D eigenvalue weighted by molar-refractivity contribution is 0.682. The van der Waals surface area contributed by atoms with Gasteiger partial charge in [-0.25, -0.2) is 4.98 Å². The molecule has 2 aromatic rings. The van der Waals surface area contributed by atoms with Crippen molar-refractivity contribution in [2.45, 2.75) is 25.3 Å². The minimum absolute atomic E-state index is 0.453. The summed E-state index contributed by atoms with van der Waals surface area (Å²) in [5.41, 5.74) is 7.97. The number of aromatic amines is 1. The highest BCUT2D eigenvalue weighted by Gasteiger charge is 2.32. The van der Waals surface area contributed by atoms with E-state index in [-0.39, 0.29) is 0 Å². The van der Waals surface area contributed by atoms with Crippen molar-refractivity contribution in [2.24, 2.45) is 11.7 Å². The van der Waals surface area contributed by atoms with Crippen LogP contribution in [0.25, 0.3) is 11.0 Å². The zero-order valence-corrected chi connectivity index (χ0v) is 8.61. The van der Waals surface area contributed by atoms with Gasteiger partial charge in [-0.2, -0.15) is 0 Å². The number of hydrogen-bond acceptors (Lipinski definition) is 2. The number of H-pyrrole nitrogens is 1. The van der Waals surface area contributed by atoms with E-state index in [1.807, 2.05) is 18.2 Å². The summed E-state index contributed by atoms with van der Waals surface area (Å²) in [5.74, 6) is 1.83. The number of aromatic nitrogens is 2. The SMILES string of the molecule is N[C@@H]1C[C@H]1CCc1nc2ccccc2[nH]1. The summed E-state index contributed by atoms with van der Waals surface area (Å²) in [6.45, 7) is 0. The number of nitrogens with one attached hydrogen (secondary N) is 1. The summed E-state index contributed by atoms with van der Waals surface area (Å²) in [5, 5.41) is 0. The Hall–Kier alpha value is -1.35. The average Bonchev–Trinajstić information content (AvgIpc) is 2.79. The highest BCUT2D eigenvalue weighted by molar-refractivity contribution is 5.74. The molecule has 1 aromatic carbocycles. The predicted octanol–water partition coefficient (Wildman–Crippen LogP) is 1.84. The van der Waals surface area contributed by atoms with E-state index in [2.05, 4.69) is 16.0 Å². The second-order valence-corrected chi connectivity index (χ2v) is 4.40. The molecule has 0 aliphatic heterocycles. The van der Waals surface area contributed by atoms with Crippen molar-refractivity contribution in [3.63, 3.8) is 0 Å². The molecule has 0 amide bonds. The molecule has 1 heterocycles. The normalized spacial score (nSPS) is 24.6. The van der Waals surface area contributed by atoms with Crippen molar-refractivity contribution in [1.82, 2.24) is 9.97 Å². The van der Waals surface area contributed by atoms with Gasteiger partial charge in [-0.15, -0.1) is 0 Å². The fourth-order valence-corrected chi connectivity index (χ4v) is 2.05. The molecule has 3 nitrogen and oxygen atoms in total. The van der Waals surface area contributed by atoms with Gasteiger partial charge in [-0.3, -0.25) is 0 Å². The zero-order valence-electron chi connectivity index (χ0n) is 8.61. The van der Waals surface area contributed by atoms with Crippen LogP contribution in [-0.2, 0) is 6.42 Å². The molecule has 3 N–H and O–H groups in total. The van der Waals surface area contributed by atoms with Crippen molar-refractivity contribution >= 4 is 11.0 Å². The number of nitrogens with zero attached hydrogens (tertiary/aromatic N) is 1. The van der Waals surface area contributed by atoms with Crippen LogP contribution in [-0.4, -0.2) is 16.0 Å². The lowest BCUT2D eigenvalue weighted by atomic mass is 10.2. The van der Waals surface area contributed by atoms with Crippen molar-refractivity contribution in [3.8, 4) is 0 Å². The van der Waals surface area contributed by atoms with Crippen LogP contribution in [0.4, 0.5) is 0 Å². The van der Waals surface area contributed by atoms with Crippen molar-refractivity contribution in [2.75, 3.05) is 0 Å². The molecule has 1 saturated carbocycles. The standard InChI is InChI=1S/C12H15N3/c13-9-7-8(9)5-6-12-14-10-3-1-2-4-11(10)15-12/h1-4,8-9H,5-7,13H2,(H,14,15)/t8-,9-/m1/s1.